The number of aromatic hydroxyl groups is 1. The summed E-state index contributed by atoms with van der Waals surface area (Å²) in [6.07, 6.45) is 7.01. The molecule has 0 aliphatic carbocycles. The molecular formula is C27H25ClFN5O2. The Labute approximate surface area is 214 Å². The second kappa shape index (κ2) is 10.1. The Morgan fingerprint density at radius 3 is 2.47 bits per heavy atom. The molecule has 2 amide bonds. The van der Waals surface area contributed by atoms with Crippen molar-refractivity contribution in [2.45, 2.75) is 0 Å². The molecule has 2 fully saturated rings. The number of carbonyl (C=O) groups excluding carboxylic acids is 1. The predicted molar refractivity (Wildman–Crippen MR) is 140 cm³/mol. The monoisotopic (exact) mass is 505 g/mol. The van der Waals surface area contributed by atoms with E-state index < -0.39 is 5.82 Å². The van der Waals surface area contributed by atoms with Gasteiger partial charge in [0, 0.05) is 56.6 Å². The lowest BCUT2D eigenvalue weighted by atomic mass is 9.97. The predicted octanol–water partition coefficient (Wildman–Crippen LogP) is 4.20. The molecule has 3 aromatic rings. The number of rotatable bonds is 5. The third-order valence-electron chi connectivity index (χ3n) is 6.50. The lowest BCUT2D eigenvalue weighted by Gasteiger charge is -2.28. The van der Waals surface area contributed by atoms with Crippen LogP contribution in [-0.2, 0) is 0 Å². The van der Waals surface area contributed by atoms with E-state index in [1.807, 2.05) is 6.07 Å². The highest BCUT2D eigenvalue weighted by atomic mass is 35.5. The highest BCUT2D eigenvalue weighted by Gasteiger charge is 2.30. The van der Waals surface area contributed by atoms with Crippen molar-refractivity contribution in [3.05, 3.63) is 59.5 Å². The van der Waals surface area contributed by atoms with Crippen LogP contribution in [0.15, 0.2) is 48.7 Å². The third-order valence-corrected chi connectivity index (χ3v) is 6.80. The van der Waals surface area contributed by atoms with E-state index in [9.17, 15) is 14.3 Å². The summed E-state index contributed by atoms with van der Waals surface area (Å²) >= 11 is 6.56. The summed E-state index contributed by atoms with van der Waals surface area (Å²) in [5.41, 5.74) is 2.40. The molecule has 0 radical (unpaired) electrons. The van der Waals surface area contributed by atoms with Crippen LogP contribution in [-0.4, -0.2) is 66.8 Å². The molecule has 0 bridgehead atoms. The number of halogens is 2. The van der Waals surface area contributed by atoms with E-state index in [4.69, 9.17) is 18.0 Å². The number of terminal acetylenes is 1. The first-order valence-corrected chi connectivity index (χ1v) is 12.1. The van der Waals surface area contributed by atoms with E-state index in [1.54, 1.807) is 40.3 Å². The second-order valence-electron chi connectivity index (χ2n) is 8.72. The molecule has 0 unspecified atom stereocenters. The number of benzene rings is 2. The van der Waals surface area contributed by atoms with Gasteiger partial charge in [0.05, 0.1) is 17.3 Å². The van der Waals surface area contributed by atoms with Crippen LogP contribution in [0.5, 0.6) is 5.75 Å². The maximum absolute atomic E-state index is 14.8. The summed E-state index contributed by atoms with van der Waals surface area (Å²) in [6.45, 7) is 4.58. The number of piperazine rings is 1. The summed E-state index contributed by atoms with van der Waals surface area (Å²) in [4.78, 5) is 22.4. The number of hydrogen-bond acceptors (Lipinski definition) is 5. The zero-order valence-corrected chi connectivity index (χ0v) is 20.3. The van der Waals surface area contributed by atoms with Gasteiger partial charge in [-0.3, -0.25) is 4.90 Å². The molecule has 0 saturated carbocycles. The number of anilines is 2. The number of aromatic nitrogens is 1. The summed E-state index contributed by atoms with van der Waals surface area (Å²) in [7, 11) is 0. The molecule has 7 nitrogen and oxygen atoms in total. The summed E-state index contributed by atoms with van der Waals surface area (Å²) < 4.78 is 14.8. The first-order chi connectivity index (χ1) is 17.5. The second-order valence-corrected chi connectivity index (χ2v) is 9.12. The van der Waals surface area contributed by atoms with Crippen molar-refractivity contribution in [1.82, 2.24) is 15.2 Å². The molecule has 0 spiro atoms. The van der Waals surface area contributed by atoms with Crippen molar-refractivity contribution < 1.29 is 14.3 Å². The molecular weight excluding hydrogens is 481 g/mol. The van der Waals surface area contributed by atoms with Gasteiger partial charge in [-0.05, 0) is 47.5 Å². The number of hydrogen-bond donors (Lipinski definition) is 2. The van der Waals surface area contributed by atoms with Gasteiger partial charge >= 0.3 is 6.03 Å². The molecule has 3 heterocycles. The third kappa shape index (κ3) is 4.55. The quantitative estimate of drug-likeness (QED) is 0.509. The Kier molecular flexibility index (Phi) is 6.68. The average Bonchev–Trinajstić information content (AvgIpc) is 3.25. The number of phenolic OH excluding ortho intramolecular Hbond substituents is 1. The molecule has 1 aromatic heterocycles. The van der Waals surface area contributed by atoms with Crippen LogP contribution in [0.2, 0.25) is 5.02 Å². The maximum atomic E-state index is 14.8. The van der Waals surface area contributed by atoms with Crippen LogP contribution < -0.4 is 15.1 Å². The first kappa shape index (κ1) is 23.9. The lowest BCUT2D eigenvalue weighted by Crippen LogP contribution is -2.43. The smallest absolute Gasteiger partial charge is 0.325 e. The van der Waals surface area contributed by atoms with Gasteiger partial charge in [0.1, 0.15) is 17.4 Å². The van der Waals surface area contributed by atoms with E-state index in [0.29, 0.717) is 46.1 Å². The van der Waals surface area contributed by atoms with Gasteiger partial charge in [-0.1, -0.05) is 23.6 Å². The highest BCUT2D eigenvalue weighted by Crippen LogP contribution is 2.41. The minimum atomic E-state index is -0.488. The zero-order chi connectivity index (χ0) is 25.2. The Morgan fingerprint density at radius 1 is 1.06 bits per heavy atom. The fraction of sp³-hybridized carbons (Fsp3) is 0.259. The largest absolute Gasteiger partial charge is 0.507 e. The SMILES string of the molecule is C#CCN1CCN(c2ccc(-c3cc(F)cc(-c4ccnc(N5CCNCC5)c4)c3O)cc2Cl)C1=O. The van der Waals surface area contributed by atoms with E-state index >= 15 is 0 Å². The van der Waals surface area contributed by atoms with Crippen LogP contribution in [0.1, 0.15) is 0 Å². The van der Waals surface area contributed by atoms with Crippen molar-refractivity contribution in [2.75, 3.05) is 55.6 Å². The lowest BCUT2D eigenvalue weighted by molar-refractivity contribution is 0.225. The molecule has 2 aliphatic rings. The first-order valence-electron chi connectivity index (χ1n) is 11.7. The molecule has 36 heavy (non-hydrogen) atoms. The Bertz CT molecular complexity index is 1350. The normalized spacial score (nSPS) is 15.9. The number of pyridine rings is 1. The Hall–Kier alpha value is -3.80. The van der Waals surface area contributed by atoms with Crippen LogP contribution in [0.3, 0.4) is 0 Å². The molecule has 2 aliphatic heterocycles. The van der Waals surface area contributed by atoms with E-state index in [2.05, 4.69) is 21.1 Å². The molecule has 0 atom stereocenters. The Morgan fingerprint density at radius 2 is 1.78 bits per heavy atom. The van der Waals surface area contributed by atoms with Gasteiger partial charge in [0.15, 0.2) is 0 Å². The van der Waals surface area contributed by atoms with Crippen LogP contribution >= 0.6 is 11.6 Å². The van der Waals surface area contributed by atoms with Crippen LogP contribution in [0.25, 0.3) is 22.3 Å². The molecule has 9 heteroatoms. The van der Waals surface area contributed by atoms with Crippen molar-refractivity contribution in [3.8, 4) is 40.3 Å². The molecule has 2 aromatic carbocycles. The molecule has 184 valence electrons. The van der Waals surface area contributed by atoms with E-state index in [-0.39, 0.29) is 18.3 Å². The fourth-order valence-corrected chi connectivity index (χ4v) is 4.93. The van der Waals surface area contributed by atoms with Crippen molar-refractivity contribution >= 4 is 29.1 Å². The molecule has 2 saturated heterocycles. The minimum Gasteiger partial charge on any atom is -0.507 e. The zero-order valence-electron chi connectivity index (χ0n) is 19.5. The fourth-order valence-electron chi connectivity index (χ4n) is 4.65. The number of nitrogens with zero attached hydrogens (tertiary/aromatic N) is 4. The average molecular weight is 506 g/mol. The van der Waals surface area contributed by atoms with Crippen LogP contribution in [0, 0.1) is 18.2 Å². The van der Waals surface area contributed by atoms with E-state index in [0.717, 1.165) is 32.0 Å². The van der Waals surface area contributed by atoms with E-state index in [1.165, 1.54) is 12.1 Å². The van der Waals surface area contributed by atoms with Crippen molar-refractivity contribution in [1.29, 1.82) is 0 Å². The number of amides is 2. The van der Waals surface area contributed by atoms with Gasteiger partial charge in [0.2, 0.25) is 0 Å². The minimum absolute atomic E-state index is 0.0601. The maximum Gasteiger partial charge on any atom is 0.325 e. The topological polar surface area (TPSA) is 71.9 Å². The Balaban J connectivity index is 1.48. The number of carbonyl (C=O) groups is 1. The highest BCUT2D eigenvalue weighted by molar-refractivity contribution is 6.34. The number of nitrogens with one attached hydrogen (secondary N) is 1. The van der Waals surface area contributed by atoms with Gasteiger partial charge in [-0.15, -0.1) is 6.42 Å². The summed E-state index contributed by atoms with van der Waals surface area (Å²) in [6, 6.07) is 11.0. The number of urea groups is 1. The number of phenols is 1. The van der Waals surface area contributed by atoms with Gasteiger partial charge < -0.3 is 20.2 Å². The molecule has 2 N–H and O–H groups in total. The van der Waals surface area contributed by atoms with Crippen molar-refractivity contribution in [3.63, 3.8) is 0 Å². The van der Waals surface area contributed by atoms with Crippen LogP contribution in [0.4, 0.5) is 20.7 Å². The summed E-state index contributed by atoms with van der Waals surface area (Å²) in [5, 5.41) is 14.8. The van der Waals surface area contributed by atoms with Gasteiger partial charge in [0.25, 0.3) is 0 Å². The van der Waals surface area contributed by atoms with Crippen molar-refractivity contribution in [2.24, 2.45) is 0 Å². The van der Waals surface area contributed by atoms with Gasteiger partial charge in [-0.2, -0.15) is 0 Å². The molecule has 5 rings (SSSR count). The summed E-state index contributed by atoms with van der Waals surface area (Å²) in [5.74, 6) is 2.71. The van der Waals surface area contributed by atoms with Gasteiger partial charge in [-0.25, -0.2) is 14.2 Å². The standard InChI is InChI=1S/C27H25ClFN5O2/c1-2-9-33-12-13-34(27(33)36)24-4-3-18(14-23(24)28)21-16-20(29)17-22(26(21)35)19-5-6-31-25(15-19)32-10-7-30-8-11-32/h1,3-6,14-17,30,35H,7-13H2.